The number of nitrogens with one attached hydrogen (secondary N) is 2. The molecule has 33 heavy (non-hydrogen) atoms. The number of halogens is 2. The Hall–Kier alpha value is -3.15. The highest BCUT2D eigenvalue weighted by Gasteiger charge is 2.31. The Labute approximate surface area is 196 Å². The van der Waals surface area contributed by atoms with Gasteiger partial charge in [-0.15, -0.1) is 10.2 Å². The predicted molar refractivity (Wildman–Crippen MR) is 122 cm³/mol. The Kier molecular flexibility index (Phi) is 6.04. The number of H-pyrrole nitrogens is 2. The first-order chi connectivity index (χ1) is 15.5. The lowest BCUT2D eigenvalue weighted by atomic mass is 9.84. The van der Waals surface area contributed by atoms with E-state index in [0.29, 0.717) is 25.0 Å². The maximum Gasteiger partial charge on any atom is 0.349 e. The van der Waals surface area contributed by atoms with Crippen molar-refractivity contribution in [2.24, 2.45) is 0 Å². The van der Waals surface area contributed by atoms with E-state index in [2.05, 4.69) is 15.3 Å². The molecule has 2 aromatic heterocycles. The second-order valence-corrected chi connectivity index (χ2v) is 9.00. The number of hydrogen-bond acceptors (Lipinski definition) is 8. The summed E-state index contributed by atoms with van der Waals surface area (Å²) in [5.74, 6) is -0.275. The summed E-state index contributed by atoms with van der Waals surface area (Å²) < 4.78 is 12.4. The minimum atomic E-state index is -0.818. The van der Waals surface area contributed by atoms with Crippen molar-refractivity contribution in [1.29, 1.82) is 0 Å². The highest BCUT2D eigenvalue weighted by Crippen LogP contribution is 2.39. The van der Waals surface area contributed by atoms with Crippen molar-refractivity contribution in [3.63, 3.8) is 0 Å². The highest BCUT2D eigenvalue weighted by molar-refractivity contribution is 6.37. The molecule has 13 heteroatoms. The molecule has 174 valence electrons. The largest absolute Gasteiger partial charge is 0.434 e. The summed E-state index contributed by atoms with van der Waals surface area (Å²) >= 11 is 12.7. The second kappa shape index (κ2) is 8.65. The fourth-order valence-electron chi connectivity index (χ4n) is 3.71. The molecule has 0 bridgehead atoms. The van der Waals surface area contributed by atoms with Crippen molar-refractivity contribution >= 4 is 29.0 Å². The minimum absolute atomic E-state index is 0.0279. The van der Waals surface area contributed by atoms with Gasteiger partial charge >= 0.3 is 5.69 Å². The van der Waals surface area contributed by atoms with Gasteiger partial charge in [-0.05, 0) is 44.7 Å². The quantitative estimate of drug-likeness (QED) is 0.498. The van der Waals surface area contributed by atoms with Gasteiger partial charge in [0.05, 0.1) is 21.3 Å². The van der Waals surface area contributed by atoms with Gasteiger partial charge in [-0.3, -0.25) is 14.6 Å². The first-order valence-electron chi connectivity index (χ1n) is 9.94. The Balaban J connectivity index is 1.67. The number of rotatable bonds is 4. The lowest BCUT2D eigenvalue weighted by Gasteiger charge is -2.35. The fourth-order valence-corrected chi connectivity index (χ4v) is 4.27. The zero-order valence-electron chi connectivity index (χ0n) is 17.6. The van der Waals surface area contributed by atoms with Crippen LogP contribution in [0.5, 0.6) is 11.6 Å². The van der Waals surface area contributed by atoms with Crippen LogP contribution in [0.4, 0.5) is 5.82 Å². The van der Waals surface area contributed by atoms with Gasteiger partial charge in [-0.1, -0.05) is 23.2 Å². The molecular formula is C20H20Cl2N6O5. The Bertz CT molecular complexity index is 1370. The highest BCUT2D eigenvalue weighted by atomic mass is 35.5. The molecule has 0 aliphatic carbocycles. The van der Waals surface area contributed by atoms with E-state index >= 15 is 0 Å². The van der Waals surface area contributed by atoms with Crippen LogP contribution in [0.1, 0.15) is 38.2 Å². The van der Waals surface area contributed by atoms with E-state index in [1.807, 2.05) is 18.8 Å². The number of nitrogens with zero attached hydrogens (tertiary/aromatic N) is 3. The molecule has 3 heterocycles. The Morgan fingerprint density at radius 2 is 1.88 bits per heavy atom. The number of anilines is 1. The summed E-state index contributed by atoms with van der Waals surface area (Å²) in [7, 11) is 0. The van der Waals surface area contributed by atoms with Gasteiger partial charge in [-0.25, -0.2) is 9.89 Å². The van der Waals surface area contributed by atoms with Crippen molar-refractivity contribution in [1.82, 2.24) is 25.0 Å². The summed E-state index contributed by atoms with van der Waals surface area (Å²) in [6, 6.07) is 4.28. The molecule has 0 saturated carbocycles. The van der Waals surface area contributed by atoms with Gasteiger partial charge in [0.15, 0.2) is 5.75 Å². The number of ether oxygens (including phenoxy) is 2. The monoisotopic (exact) mass is 494 g/mol. The van der Waals surface area contributed by atoms with Crippen molar-refractivity contribution in [2.75, 3.05) is 12.3 Å². The maximum absolute atomic E-state index is 12.4. The molecule has 0 radical (unpaired) electrons. The number of aromatic amines is 2. The smallest absolute Gasteiger partial charge is 0.349 e. The van der Waals surface area contributed by atoms with Crippen LogP contribution >= 0.6 is 23.2 Å². The summed E-state index contributed by atoms with van der Waals surface area (Å²) in [5, 5.41) is 10.2. The lowest BCUT2D eigenvalue weighted by molar-refractivity contribution is -0.0594. The molecule has 1 aliphatic rings. The normalized spacial score (nSPS) is 17.6. The standard InChI is InChI=1S/C20H20Cl2N6O5/c1-20(2)8-9(3-4-32-20)11-7-14(25-26-17(11)29)33-15-12(21)5-10(6-13(15)22)28-19(31)24-18(30)16(23)27-28/h5-7,9H,3-4,8H2,1-2H3,(H2,23,27)(H,26,29)(H,24,30,31). The summed E-state index contributed by atoms with van der Waals surface area (Å²) in [6.07, 6.45) is 1.36. The van der Waals surface area contributed by atoms with E-state index in [1.165, 1.54) is 12.1 Å². The molecule has 1 unspecified atom stereocenters. The van der Waals surface area contributed by atoms with Gasteiger partial charge in [0.2, 0.25) is 11.7 Å². The molecule has 4 rings (SSSR count). The maximum atomic E-state index is 12.4. The van der Waals surface area contributed by atoms with Crippen molar-refractivity contribution in [3.05, 3.63) is 65.0 Å². The molecule has 1 aliphatic heterocycles. The number of hydrogen-bond donors (Lipinski definition) is 3. The van der Waals surface area contributed by atoms with E-state index in [-0.39, 0.29) is 44.4 Å². The van der Waals surface area contributed by atoms with E-state index < -0.39 is 17.1 Å². The van der Waals surface area contributed by atoms with E-state index in [9.17, 15) is 14.4 Å². The van der Waals surface area contributed by atoms with Crippen LogP contribution in [-0.2, 0) is 4.74 Å². The third-order valence-corrected chi connectivity index (χ3v) is 5.79. The van der Waals surface area contributed by atoms with Crippen LogP contribution in [0.15, 0.2) is 32.6 Å². The molecular weight excluding hydrogens is 475 g/mol. The molecule has 1 fully saturated rings. The third-order valence-electron chi connectivity index (χ3n) is 5.23. The first-order valence-corrected chi connectivity index (χ1v) is 10.7. The Morgan fingerprint density at radius 1 is 1.18 bits per heavy atom. The number of nitrogens with two attached hydrogens (primary N) is 1. The average Bonchev–Trinajstić information content (AvgIpc) is 2.73. The van der Waals surface area contributed by atoms with Crippen LogP contribution in [-0.4, -0.2) is 37.2 Å². The topological polar surface area (TPSA) is 158 Å². The van der Waals surface area contributed by atoms with Crippen LogP contribution in [0.3, 0.4) is 0 Å². The minimum Gasteiger partial charge on any atom is -0.434 e. The van der Waals surface area contributed by atoms with Crippen molar-refractivity contribution in [3.8, 4) is 17.3 Å². The van der Waals surface area contributed by atoms with Crippen molar-refractivity contribution < 1.29 is 9.47 Å². The molecule has 0 spiro atoms. The van der Waals surface area contributed by atoms with Gasteiger partial charge in [0.25, 0.3) is 11.1 Å². The zero-order chi connectivity index (χ0) is 23.9. The molecule has 11 nitrogen and oxygen atoms in total. The average molecular weight is 495 g/mol. The first kappa shape index (κ1) is 23.0. The van der Waals surface area contributed by atoms with E-state index in [4.69, 9.17) is 38.4 Å². The van der Waals surface area contributed by atoms with Gasteiger partial charge in [0, 0.05) is 18.2 Å². The van der Waals surface area contributed by atoms with Gasteiger partial charge in [0.1, 0.15) is 0 Å². The second-order valence-electron chi connectivity index (χ2n) is 8.19. The van der Waals surface area contributed by atoms with Crippen LogP contribution < -0.4 is 27.3 Å². The molecule has 1 aromatic carbocycles. The summed E-state index contributed by atoms with van der Waals surface area (Å²) in [6.45, 7) is 4.49. The van der Waals surface area contributed by atoms with Crippen LogP contribution in [0, 0.1) is 0 Å². The number of aromatic nitrogens is 5. The van der Waals surface area contributed by atoms with Crippen LogP contribution in [0.2, 0.25) is 10.0 Å². The Morgan fingerprint density at radius 3 is 2.55 bits per heavy atom. The molecule has 4 N–H and O–H groups in total. The number of benzene rings is 1. The summed E-state index contributed by atoms with van der Waals surface area (Å²) in [5.41, 5.74) is 3.90. The molecule has 1 saturated heterocycles. The van der Waals surface area contributed by atoms with Gasteiger partial charge < -0.3 is 15.2 Å². The lowest BCUT2D eigenvalue weighted by Crippen LogP contribution is -2.35. The van der Waals surface area contributed by atoms with Gasteiger partial charge in [-0.2, -0.15) is 4.68 Å². The third kappa shape index (κ3) is 4.80. The summed E-state index contributed by atoms with van der Waals surface area (Å²) in [4.78, 5) is 38.0. The molecule has 0 amide bonds. The van der Waals surface area contributed by atoms with Crippen molar-refractivity contribution in [2.45, 2.75) is 38.2 Å². The molecule has 1 atom stereocenters. The van der Waals surface area contributed by atoms with Crippen LogP contribution in [0.25, 0.3) is 5.69 Å². The van der Waals surface area contributed by atoms with E-state index in [0.717, 1.165) is 4.68 Å². The fraction of sp³-hybridized carbons (Fsp3) is 0.350. The molecule has 3 aromatic rings. The van der Waals surface area contributed by atoms with E-state index in [1.54, 1.807) is 6.07 Å². The number of nitrogen functional groups attached to an aromatic ring is 1. The predicted octanol–water partition coefficient (Wildman–Crippen LogP) is 2.36. The zero-order valence-corrected chi connectivity index (χ0v) is 19.2. The SMILES string of the molecule is CC1(C)CC(c2cc(Oc3c(Cl)cc(-n4nc(N)c(=O)[nH]c4=O)cc3Cl)n[nH]c2=O)CCO1.